The predicted molar refractivity (Wildman–Crippen MR) is 121 cm³/mol. The molecule has 0 radical (unpaired) electrons. The molecule has 0 spiro atoms. The number of rotatable bonds is 7. The van der Waals surface area contributed by atoms with Crippen LogP contribution in [0.3, 0.4) is 0 Å². The number of carbonyl (C=O) groups is 1. The van der Waals surface area contributed by atoms with Crippen molar-refractivity contribution in [1.82, 2.24) is 0 Å². The Morgan fingerprint density at radius 2 is 1.77 bits per heavy atom. The Bertz CT molecular complexity index is 724. The van der Waals surface area contributed by atoms with E-state index in [0.29, 0.717) is 17.8 Å². The highest BCUT2D eigenvalue weighted by atomic mass is 16.5. The van der Waals surface area contributed by atoms with E-state index in [2.05, 4.69) is 25.3 Å². The molecule has 0 N–H and O–H groups in total. The van der Waals surface area contributed by atoms with Gasteiger partial charge in [0, 0.05) is 18.1 Å². The van der Waals surface area contributed by atoms with Gasteiger partial charge in [-0.25, -0.2) is 0 Å². The van der Waals surface area contributed by atoms with Crippen molar-refractivity contribution in [2.75, 3.05) is 6.61 Å². The highest BCUT2D eigenvalue weighted by molar-refractivity contribution is 5.75. The van der Waals surface area contributed by atoms with Gasteiger partial charge in [-0.05, 0) is 101 Å². The first-order chi connectivity index (χ1) is 14.7. The minimum absolute atomic E-state index is 0.0382. The molecule has 2 saturated carbocycles. The van der Waals surface area contributed by atoms with Crippen molar-refractivity contribution in [3.05, 3.63) is 42.5 Å². The van der Waals surface area contributed by atoms with Crippen molar-refractivity contribution in [1.29, 1.82) is 0 Å². The van der Waals surface area contributed by atoms with Crippen LogP contribution in [0.4, 0.5) is 0 Å². The average Bonchev–Trinajstić information content (AvgIpc) is 2.79. The molecule has 0 amide bonds. The Kier molecular flexibility index (Phi) is 9.02. The molecule has 2 fully saturated rings. The van der Waals surface area contributed by atoms with E-state index in [1.54, 1.807) is 0 Å². The van der Waals surface area contributed by atoms with Gasteiger partial charge in [0.05, 0.1) is 12.0 Å². The van der Waals surface area contributed by atoms with Crippen molar-refractivity contribution in [2.45, 2.75) is 77.2 Å². The van der Waals surface area contributed by atoms with Gasteiger partial charge in [-0.1, -0.05) is 17.9 Å². The molecule has 0 heterocycles. The van der Waals surface area contributed by atoms with Gasteiger partial charge in [0.1, 0.15) is 5.75 Å². The summed E-state index contributed by atoms with van der Waals surface area (Å²) in [4.78, 5) is 12.5. The Hall–Kier alpha value is -2.05. The molecular weight excluding hydrogens is 372 g/mol. The molecule has 0 bridgehead atoms. The van der Waals surface area contributed by atoms with Gasteiger partial charge < -0.3 is 9.47 Å². The Labute approximate surface area is 182 Å². The minimum Gasteiger partial charge on any atom is -0.426 e. The van der Waals surface area contributed by atoms with Crippen molar-refractivity contribution in [3.8, 4) is 17.6 Å². The molecule has 3 heteroatoms. The zero-order valence-corrected chi connectivity index (χ0v) is 18.4. The second-order valence-electron chi connectivity index (χ2n) is 8.73. The molecule has 3 rings (SSSR count). The molecule has 0 aromatic heterocycles. The fraction of sp³-hybridized carbons (Fsp3) is 0.593. The van der Waals surface area contributed by atoms with Gasteiger partial charge in [0.2, 0.25) is 0 Å². The Balaban J connectivity index is 1.43. The quantitative estimate of drug-likeness (QED) is 0.229. The molecule has 0 aliphatic heterocycles. The van der Waals surface area contributed by atoms with E-state index in [9.17, 15) is 4.79 Å². The second kappa shape index (κ2) is 12.0. The Morgan fingerprint density at radius 3 is 2.40 bits per heavy atom. The van der Waals surface area contributed by atoms with Crippen LogP contribution in [0.25, 0.3) is 0 Å². The molecule has 1 aromatic carbocycles. The van der Waals surface area contributed by atoms with Gasteiger partial charge in [-0.3, -0.25) is 4.79 Å². The monoisotopic (exact) mass is 408 g/mol. The van der Waals surface area contributed by atoms with Crippen molar-refractivity contribution in [2.24, 2.45) is 17.8 Å². The maximum atomic E-state index is 12.5. The molecule has 2 aliphatic carbocycles. The first-order valence-corrected chi connectivity index (χ1v) is 11.7. The van der Waals surface area contributed by atoms with Crippen LogP contribution in [-0.2, 0) is 9.53 Å². The number of hydrogen-bond donors (Lipinski definition) is 0. The zero-order valence-electron chi connectivity index (χ0n) is 18.4. The largest absolute Gasteiger partial charge is 0.426 e. The Morgan fingerprint density at radius 1 is 1.07 bits per heavy atom. The van der Waals surface area contributed by atoms with E-state index in [0.717, 1.165) is 75.9 Å². The van der Waals surface area contributed by atoms with Crippen LogP contribution in [0.1, 0.15) is 76.7 Å². The summed E-state index contributed by atoms with van der Waals surface area (Å²) in [6.07, 6.45) is 13.2. The highest BCUT2D eigenvalue weighted by Gasteiger charge is 2.27. The van der Waals surface area contributed by atoms with Crippen LogP contribution in [0.2, 0.25) is 0 Å². The molecule has 30 heavy (non-hydrogen) atoms. The van der Waals surface area contributed by atoms with Crippen LogP contribution >= 0.6 is 0 Å². The lowest BCUT2D eigenvalue weighted by atomic mass is 9.80. The third kappa shape index (κ3) is 7.03. The molecular formula is C27H36O3. The van der Waals surface area contributed by atoms with Crippen LogP contribution in [0, 0.1) is 29.6 Å². The predicted octanol–water partition coefficient (Wildman–Crippen LogP) is 6.31. The van der Waals surface area contributed by atoms with E-state index < -0.39 is 0 Å². The molecule has 3 nitrogen and oxygen atoms in total. The van der Waals surface area contributed by atoms with Gasteiger partial charge in [-0.2, -0.15) is 0 Å². The normalized spacial score (nSPS) is 26.3. The number of carbonyl (C=O) groups excluding carboxylic acids is 1. The molecule has 1 aromatic rings. The molecule has 0 unspecified atom stereocenters. The second-order valence-corrected chi connectivity index (χ2v) is 8.73. The van der Waals surface area contributed by atoms with Crippen LogP contribution in [0.15, 0.2) is 36.9 Å². The van der Waals surface area contributed by atoms with Crippen LogP contribution in [-0.4, -0.2) is 18.7 Å². The van der Waals surface area contributed by atoms with Gasteiger partial charge >= 0.3 is 5.97 Å². The fourth-order valence-electron chi connectivity index (χ4n) is 4.64. The van der Waals surface area contributed by atoms with Crippen molar-refractivity contribution < 1.29 is 14.3 Å². The number of benzene rings is 1. The molecule has 0 atom stereocenters. The lowest BCUT2D eigenvalue weighted by Gasteiger charge is -2.26. The topological polar surface area (TPSA) is 35.5 Å². The van der Waals surface area contributed by atoms with Crippen molar-refractivity contribution in [3.63, 3.8) is 0 Å². The maximum Gasteiger partial charge on any atom is 0.314 e. The molecule has 0 saturated heterocycles. The summed E-state index contributed by atoms with van der Waals surface area (Å²) in [6, 6.07) is 7.63. The summed E-state index contributed by atoms with van der Waals surface area (Å²) in [5.41, 5.74) is 0.976. The first kappa shape index (κ1) is 22.6. The fourth-order valence-corrected chi connectivity index (χ4v) is 4.64. The average molecular weight is 409 g/mol. The summed E-state index contributed by atoms with van der Waals surface area (Å²) in [5.74, 6) is 8.47. The van der Waals surface area contributed by atoms with E-state index in [4.69, 9.17) is 9.47 Å². The smallest absolute Gasteiger partial charge is 0.314 e. The van der Waals surface area contributed by atoms with E-state index in [1.807, 2.05) is 30.3 Å². The third-order valence-corrected chi connectivity index (χ3v) is 6.53. The van der Waals surface area contributed by atoms with Gasteiger partial charge in [-0.15, -0.1) is 6.58 Å². The van der Waals surface area contributed by atoms with Crippen LogP contribution in [0.5, 0.6) is 5.75 Å². The first-order valence-electron chi connectivity index (χ1n) is 11.7. The SMILES string of the molecule is C=CCCC1CCC(C(=O)Oc2ccc(C#C[C@H]3CC[C@H](OCC)CC3)cc2)CC1. The van der Waals surface area contributed by atoms with E-state index in [-0.39, 0.29) is 11.9 Å². The number of allylic oxidation sites excluding steroid dienone is 1. The number of hydrogen-bond acceptors (Lipinski definition) is 3. The molecule has 2 aliphatic rings. The number of ether oxygens (including phenoxy) is 2. The summed E-state index contributed by atoms with van der Waals surface area (Å²) < 4.78 is 11.3. The maximum absolute atomic E-state index is 12.5. The van der Waals surface area contributed by atoms with Gasteiger partial charge in [0.25, 0.3) is 0 Å². The summed E-state index contributed by atoms with van der Waals surface area (Å²) in [7, 11) is 0. The standard InChI is InChI=1S/C27H36O3/c1-3-5-6-21-9-15-24(16-10-21)27(28)30-26-19-13-23(14-20-26)8-7-22-11-17-25(18-12-22)29-4-2/h3,13-14,19-22,24-25H,1,4-6,9-12,15-18H2,2H3/t21?,22-,24?,25-. The van der Waals surface area contributed by atoms with E-state index in [1.165, 1.54) is 6.42 Å². The zero-order chi connectivity index (χ0) is 21.2. The van der Waals surface area contributed by atoms with Gasteiger partial charge in [0.15, 0.2) is 0 Å². The molecule has 162 valence electrons. The van der Waals surface area contributed by atoms with E-state index >= 15 is 0 Å². The van der Waals surface area contributed by atoms with Crippen molar-refractivity contribution >= 4 is 5.97 Å². The summed E-state index contributed by atoms with van der Waals surface area (Å²) >= 11 is 0. The summed E-state index contributed by atoms with van der Waals surface area (Å²) in [5, 5.41) is 0. The summed E-state index contributed by atoms with van der Waals surface area (Å²) in [6.45, 7) is 6.66. The number of esters is 1. The lowest BCUT2D eigenvalue weighted by molar-refractivity contribution is -0.140. The highest BCUT2D eigenvalue weighted by Crippen LogP contribution is 2.32. The van der Waals surface area contributed by atoms with Crippen LogP contribution < -0.4 is 4.74 Å². The lowest BCUT2D eigenvalue weighted by Crippen LogP contribution is -2.25. The minimum atomic E-state index is -0.0814. The third-order valence-electron chi connectivity index (χ3n) is 6.53.